The van der Waals surface area contributed by atoms with Crippen LogP contribution in [-0.2, 0) is 0 Å². The Morgan fingerprint density at radius 3 is 1.32 bits per heavy atom. The minimum Gasteiger partial charge on any atom is -0.397 e. The first kappa shape index (κ1) is 18.3. The highest BCUT2D eigenvalue weighted by atomic mass is 16.6. The van der Waals surface area contributed by atoms with E-state index in [4.69, 9.17) is 17.2 Å². The second-order valence-corrected chi connectivity index (χ2v) is 5.81. The van der Waals surface area contributed by atoms with Crippen molar-refractivity contribution in [1.29, 1.82) is 0 Å². The van der Waals surface area contributed by atoms with Gasteiger partial charge in [-0.25, -0.2) is 0 Å². The van der Waals surface area contributed by atoms with Crippen LogP contribution in [-0.4, -0.2) is 28.6 Å². The minimum atomic E-state index is -0.703. The number of amides is 4. The monoisotopic (exact) mass is 384 g/mol. The lowest BCUT2D eigenvalue weighted by atomic mass is 10.1. The second kappa shape index (κ2) is 6.35. The van der Waals surface area contributed by atoms with Crippen LogP contribution in [0.2, 0.25) is 0 Å². The first-order valence-electron chi connectivity index (χ1n) is 7.58. The van der Waals surface area contributed by atoms with Gasteiger partial charge in [-0.2, -0.15) is 0 Å². The highest BCUT2D eigenvalue weighted by Crippen LogP contribution is 2.28. The van der Waals surface area contributed by atoms with Gasteiger partial charge in [-0.1, -0.05) is 0 Å². The Morgan fingerprint density at radius 2 is 0.964 bits per heavy atom. The summed E-state index contributed by atoms with van der Waals surface area (Å²) in [5.41, 5.74) is 17.1. The number of nitrogens with two attached hydrogens (primary N) is 3. The summed E-state index contributed by atoms with van der Waals surface area (Å²) >= 11 is 0. The number of carbonyl (C=O) groups is 4. The van der Waals surface area contributed by atoms with Crippen LogP contribution in [0.3, 0.4) is 0 Å². The van der Waals surface area contributed by atoms with E-state index in [1.165, 1.54) is 12.1 Å². The number of benzene rings is 2. The van der Waals surface area contributed by atoms with Crippen molar-refractivity contribution in [1.82, 2.24) is 10.6 Å². The summed E-state index contributed by atoms with van der Waals surface area (Å²) in [6.07, 6.45) is 0. The minimum absolute atomic E-state index is 0.0131. The molecule has 0 radical (unpaired) electrons. The van der Waals surface area contributed by atoms with E-state index in [0.29, 0.717) is 11.4 Å². The molecule has 0 aromatic heterocycles. The van der Waals surface area contributed by atoms with Crippen molar-refractivity contribution in [2.45, 2.75) is 0 Å². The molecule has 0 fully saturated rings. The van der Waals surface area contributed by atoms with Gasteiger partial charge in [0, 0.05) is 6.07 Å². The van der Waals surface area contributed by atoms with Crippen molar-refractivity contribution in [2.24, 2.45) is 0 Å². The number of nitrogens with zero attached hydrogens (tertiary/aromatic N) is 1. The molecule has 12 nitrogen and oxygen atoms in total. The molecule has 12 heteroatoms. The second-order valence-electron chi connectivity index (χ2n) is 5.81. The molecule has 142 valence electrons. The highest BCUT2D eigenvalue weighted by Gasteiger charge is 2.30. The molecule has 4 amide bonds. The van der Waals surface area contributed by atoms with Crippen LogP contribution >= 0.6 is 0 Å². The Morgan fingerprint density at radius 1 is 0.643 bits per heavy atom. The molecule has 28 heavy (non-hydrogen) atoms. The van der Waals surface area contributed by atoms with Gasteiger partial charge in [-0.15, -0.1) is 0 Å². The topological polar surface area (TPSA) is 214 Å². The molecule has 0 saturated carbocycles. The summed E-state index contributed by atoms with van der Waals surface area (Å²) in [6, 6.07) is 4.95. The zero-order valence-electron chi connectivity index (χ0n) is 13.9. The molecule has 2 aromatic carbocycles. The first-order chi connectivity index (χ1) is 13.1. The molecule has 2 heterocycles. The molecule has 0 saturated heterocycles. The van der Waals surface area contributed by atoms with E-state index in [1.54, 1.807) is 0 Å². The van der Waals surface area contributed by atoms with E-state index < -0.39 is 28.6 Å². The average molecular weight is 384 g/mol. The van der Waals surface area contributed by atoms with Crippen LogP contribution in [0.1, 0.15) is 41.4 Å². The number of rotatable bonds is 1. The number of imide groups is 2. The van der Waals surface area contributed by atoms with Gasteiger partial charge in [0.2, 0.25) is 0 Å². The lowest BCUT2D eigenvalue weighted by Gasteiger charge is -2.00. The number of carbonyl (C=O) groups excluding carboxylic acids is 4. The van der Waals surface area contributed by atoms with Gasteiger partial charge < -0.3 is 17.2 Å². The Hall–Kier alpha value is -4.48. The van der Waals surface area contributed by atoms with Crippen LogP contribution in [0.5, 0.6) is 0 Å². The quantitative estimate of drug-likeness (QED) is 0.190. The number of hydrogen-bond donors (Lipinski definition) is 5. The SMILES string of the molecule is Nc1cc2c(cc1N)C(=O)NC2=O.Nc1cc2c(cc1[N+](=O)[O-])C(=O)NC2=O. The third kappa shape index (κ3) is 2.94. The molecule has 0 spiro atoms. The molecule has 2 aromatic rings. The largest absolute Gasteiger partial charge is 0.397 e. The third-order valence-electron chi connectivity index (χ3n) is 4.02. The van der Waals surface area contributed by atoms with Gasteiger partial charge in [-0.05, 0) is 18.2 Å². The lowest BCUT2D eigenvalue weighted by Crippen LogP contribution is -2.19. The zero-order valence-corrected chi connectivity index (χ0v) is 13.9. The number of hydrogen-bond acceptors (Lipinski definition) is 9. The van der Waals surface area contributed by atoms with Crippen molar-refractivity contribution in [3.8, 4) is 0 Å². The predicted octanol–water partition coefficient (Wildman–Crippen LogP) is -0.205. The summed E-state index contributed by atoms with van der Waals surface area (Å²) in [4.78, 5) is 54.4. The van der Waals surface area contributed by atoms with E-state index in [-0.39, 0.29) is 33.6 Å². The Kier molecular flexibility index (Phi) is 4.15. The molecule has 0 bridgehead atoms. The predicted molar refractivity (Wildman–Crippen MR) is 96.4 cm³/mol. The highest BCUT2D eigenvalue weighted by molar-refractivity contribution is 6.23. The van der Waals surface area contributed by atoms with Gasteiger partial charge in [0.1, 0.15) is 5.69 Å². The lowest BCUT2D eigenvalue weighted by molar-refractivity contribution is -0.383. The van der Waals surface area contributed by atoms with Gasteiger partial charge in [-0.3, -0.25) is 39.9 Å². The van der Waals surface area contributed by atoms with Crippen molar-refractivity contribution in [2.75, 3.05) is 17.2 Å². The Labute approximate surface area is 155 Å². The average Bonchev–Trinajstić information content (AvgIpc) is 3.04. The number of nitrogens with one attached hydrogen (secondary N) is 2. The molecule has 0 unspecified atom stereocenters. The van der Waals surface area contributed by atoms with Gasteiger partial charge in [0.05, 0.1) is 38.6 Å². The summed E-state index contributed by atoms with van der Waals surface area (Å²) in [5, 5.41) is 14.7. The van der Waals surface area contributed by atoms with Crippen LogP contribution in [0.15, 0.2) is 24.3 Å². The summed E-state index contributed by atoms with van der Waals surface area (Å²) < 4.78 is 0. The molecule has 2 aliphatic heterocycles. The van der Waals surface area contributed by atoms with Crippen molar-refractivity contribution in [3.05, 3.63) is 56.6 Å². The summed E-state index contributed by atoms with van der Waals surface area (Å²) in [5.74, 6) is -2.08. The zero-order chi connectivity index (χ0) is 20.7. The van der Waals surface area contributed by atoms with E-state index in [9.17, 15) is 29.3 Å². The third-order valence-corrected chi connectivity index (χ3v) is 4.02. The summed E-state index contributed by atoms with van der Waals surface area (Å²) in [6.45, 7) is 0. The molecular weight excluding hydrogens is 372 g/mol. The first-order valence-corrected chi connectivity index (χ1v) is 7.58. The fraction of sp³-hybridized carbons (Fsp3) is 0. The van der Waals surface area contributed by atoms with Crippen LogP contribution in [0.4, 0.5) is 22.7 Å². The summed E-state index contributed by atoms with van der Waals surface area (Å²) in [7, 11) is 0. The van der Waals surface area contributed by atoms with Gasteiger partial charge in [0.15, 0.2) is 0 Å². The van der Waals surface area contributed by atoms with Crippen LogP contribution in [0.25, 0.3) is 0 Å². The maximum absolute atomic E-state index is 11.2. The number of nitro benzene ring substituents is 1. The van der Waals surface area contributed by atoms with E-state index >= 15 is 0 Å². The molecule has 0 atom stereocenters. The van der Waals surface area contributed by atoms with E-state index in [1.807, 2.05) is 5.32 Å². The molecule has 0 aliphatic carbocycles. The maximum Gasteiger partial charge on any atom is 0.292 e. The van der Waals surface area contributed by atoms with Crippen LogP contribution in [0, 0.1) is 10.1 Å². The number of fused-ring (bicyclic) bond motifs is 2. The molecule has 2 aliphatic rings. The Bertz CT molecular complexity index is 1070. The number of nitrogen functional groups attached to an aromatic ring is 3. The standard InChI is InChI=1S/C8H5N3O4.C8H7N3O2/c9-5-1-3-4(2-6(5)11(14)15)8(13)10-7(3)12;9-5-1-3-4(2-6(5)10)8(13)11-7(3)12/h1-2H,9H2,(H,10,12,13);1-2H,9-10H2,(H,11,12,13). The number of nitro groups is 1. The van der Waals surface area contributed by atoms with Crippen molar-refractivity contribution >= 4 is 46.4 Å². The molecule has 4 rings (SSSR count). The van der Waals surface area contributed by atoms with E-state index in [2.05, 4.69) is 5.32 Å². The van der Waals surface area contributed by atoms with Gasteiger partial charge in [0.25, 0.3) is 29.3 Å². The molecular formula is C16H12N6O6. The van der Waals surface area contributed by atoms with Crippen molar-refractivity contribution < 1.29 is 24.1 Å². The Balaban J connectivity index is 0.000000162. The molecule has 8 N–H and O–H groups in total. The smallest absolute Gasteiger partial charge is 0.292 e. The fourth-order valence-corrected chi connectivity index (χ4v) is 2.62. The maximum atomic E-state index is 11.2. The van der Waals surface area contributed by atoms with Gasteiger partial charge >= 0.3 is 0 Å². The van der Waals surface area contributed by atoms with Crippen molar-refractivity contribution in [3.63, 3.8) is 0 Å². The van der Waals surface area contributed by atoms with E-state index in [0.717, 1.165) is 12.1 Å². The number of anilines is 3. The normalized spacial score (nSPS) is 13.9. The fourth-order valence-electron chi connectivity index (χ4n) is 2.62. The van der Waals surface area contributed by atoms with Crippen LogP contribution < -0.4 is 27.8 Å².